The Labute approximate surface area is 261 Å². The van der Waals surface area contributed by atoms with Gasteiger partial charge in [-0.15, -0.1) is 0 Å². The molecule has 2 aromatic heterocycles. The number of aromatic nitrogens is 4. The smallest absolute Gasteiger partial charge is 0.387 e. The zero-order chi connectivity index (χ0) is 31.9. The van der Waals surface area contributed by atoms with Crippen molar-refractivity contribution >= 4 is 27.6 Å². The maximum absolute atomic E-state index is 17.0. The van der Waals surface area contributed by atoms with Gasteiger partial charge in [0.1, 0.15) is 35.7 Å². The summed E-state index contributed by atoms with van der Waals surface area (Å²) in [6.07, 6.45) is 3.01. The highest BCUT2D eigenvalue weighted by atomic mass is 19.3. The molecule has 0 amide bonds. The number of piperazine rings is 1. The minimum atomic E-state index is -3.24. The minimum absolute atomic E-state index is 0.105. The molecule has 2 aromatic carbocycles. The lowest BCUT2D eigenvalue weighted by molar-refractivity contribution is -0.0498. The molecule has 46 heavy (non-hydrogen) atoms. The molecule has 2 bridgehead atoms. The van der Waals surface area contributed by atoms with E-state index < -0.39 is 35.5 Å². The number of aromatic amines is 1. The molecule has 14 heteroatoms. The van der Waals surface area contributed by atoms with E-state index in [1.165, 1.54) is 13.0 Å². The van der Waals surface area contributed by atoms with Crippen LogP contribution in [0.4, 0.5) is 27.8 Å². The number of halogens is 5. The van der Waals surface area contributed by atoms with Crippen molar-refractivity contribution in [2.75, 3.05) is 37.7 Å². The number of anilines is 1. The van der Waals surface area contributed by atoms with Gasteiger partial charge >= 0.3 is 12.6 Å². The number of hydrogen-bond donors (Lipinski definition) is 2. The zero-order valence-electron chi connectivity index (χ0n) is 25.5. The van der Waals surface area contributed by atoms with Crippen LogP contribution in [0.5, 0.6) is 11.8 Å². The SMILES string of the molecule is Cc1cc2n[nH]c(C)c2c(-c2c(F)cc3c(N4CC5CCC(C4)N5)nc(OC[C@@]45CCCN4C[C@H](F)C5)nc3c2F)c1OC(F)F. The number of H-pyrrole nitrogens is 1. The molecule has 0 spiro atoms. The van der Waals surface area contributed by atoms with E-state index in [4.69, 9.17) is 14.5 Å². The van der Waals surface area contributed by atoms with E-state index in [2.05, 4.69) is 25.4 Å². The number of nitrogens with zero attached hydrogens (tertiary/aromatic N) is 5. The summed E-state index contributed by atoms with van der Waals surface area (Å²) < 4.78 is 86.2. The van der Waals surface area contributed by atoms with E-state index in [0.717, 1.165) is 38.3 Å². The van der Waals surface area contributed by atoms with Gasteiger partial charge in [0.2, 0.25) is 0 Å². The quantitative estimate of drug-likeness (QED) is 0.253. The summed E-state index contributed by atoms with van der Waals surface area (Å²) in [5.41, 5.74) is -0.439. The predicted molar refractivity (Wildman–Crippen MR) is 161 cm³/mol. The van der Waals surface area contributed by atoms with E-state index in [1.54, 1.807) is 6.92 Å². The molecule has 4 fully saturated rings. The zero-order valence-corrected chi connectivity index (χ0v) is 25.5. The highest BCUT2D eigenvalue weighted by Gasteiger charge is 2.49. The van der Waals surface area contributed by atoms with Gasteiger partial charge in [0.05, 0.1) is 16.6 Å². The summed E-state index contributed by atoms with van der Waals surface area (Å²) in [7, 11) is 0. The lowest BCUT2D eigenvalue weighted by Crippen LogP contribution is -2.51. The van der Waals surface area contributed by atoms with E-state index >= 15 is 8.78 Å². The molecule has 244 valence electrons. The maximum Gasteiger partial charge on any atom is 0.387 e. The Kier molecular flexibility index (Phi) is 7.02. The summed E-state index contributed by atoms with van der Waals surface area (Å²) >= 11 is 0. The van der Waals surface area contributed by atoms with Crippen molar-refractivity contribution < 1.29 is 31.4 Å². The fourth-order valence-electron chi connectivity index (χ4n) is 8.24. The fraction of sp³-hybridized carbons (Fsp3) is 0.531. The second-order valence-corrected chi connectivity index (χ2v) is 13.2. The molecule has 0 radical (unpaired) electrons. The molecule has 4 saturated heterocycles. The van der Waals surface area contributed by atoms with Crippen LogP contribution in [0.25, 0.3) is 32.9 Å². The second-order valence-electron chi connectivity index (χ2n) is 13.2. The Morgan fingerprint density at radius 2 is 1.85 bits per heavy atom. The van der Waals surface area contributed by atoms with E-state index in [9.17, 15) is 13.2 Å². The number of ether oxygens (including phenoxy) is 2. The Balaban J connectivity index is 1.31. The van der Waals surface area contributed by atoms with Crippen LogP contribution in [0.1, 0.15) is 43.4 Å². The van der Waals surface area contributed by atoms with Gasteiger partial charge in [-0.25, -0.2) is 13.2 Å². The number of alkyl halides is 3. The molecule has 4 atom stereocenters. The van der Waals surface area contributed by atoms with Crippen LogP contribution in [0.15, 0.2) is 12.1 Å². The Morgan fingerprint density at radius 3 is 2.61 bits per heavy atom. The lowest BCUT2D eigenvalue weighted by atomic mass is 9.94. The number of rotatable bonds is 7. The molecule has 2 unspecified atom stereocenters. The Hall–Kier alpha value is -3.78. The summed E-state index contributed by atoms with van der Waals surface area (Å²) in [5.74, 6) is -2.06. The van der Waals surface area contributed by atoms with Crippen molar-refractivity contribution in [1.29, 1.82) is 0 Å². The molecule has 4 aliphatic rings. The molecule has 0 aliphatic carbocycles. The van der Waals surface area contributed by atoms with Gasteiger partial charge < -0.3 is 19.7 Å². The van der Waals surface area contributed by atoms with E-state index in [1.807, 2.05) is 4.90 Å². The first-order valence-corrected chi connectivity index (χ1v) is 15.8. The molecular weight excluding hydrogens is 609 g/mol. The lowest BCUT2D eigenvalue weighted by Gasteiger charge is -2.34. The highest BCUT2D eigenvalue weighted by Crippen LogP contribution is 2.46. The van der Waals surface area contributed by atoms with Gasteiger partial charge in [0.15, 0.2) is 5.82 Å². The molecule has 2 N–H and O–H groups in total. The predicted octanol–water partition coefficient (Wildman–Crippen LogP) is 5.57. The van der Waals surface area contributed by atoms with Gasteiger partial charge in [0, 0.05) is 60.2 Å². The largest absolute Gasteiger partial charge is 0.461 e. The van der Waals surface area contributed by atoms with Crippen LogP contribution in [-0.2, 0) is 0 Å². The van der Waals surface area contributed by atoms with Crippen LogP contribution in [0.2, 0.25) is 0 Å². The molecule has 6 heterocycles. The number of nitrogens with one attached hydrogen (secondary N) is 2. The average Bonchev–Trinajstić information content (AvgIpc) is 3.75. The van der Waals surface area contributed by atoms with Crippen molar-refractivity contribution in [3.63, 3.8) is 0 Å². The first-order chi connectivity index (χ1) is 22.1. The van der Waals surface area contributed by atoms with Gasteiger partial charge in [0.25, 0.3) is 0 Å². The summed E-state index contributed by atoms with van der Waals surface area (Å²) in [6, 6.07) is 2.98. The summed E-state index contributed by atoms with van der Waals surface area (Å²) in [5, 5.41) is 10.9. The molecular formula is C32H34F5N7O2. The van der Waals surface area contributed by atoms with Gasteiger partial charge in [-0.3, -0.25) is 10.00 Å². The number of benzene rings is 2. The highest BCUT2D eigenvalue weighted by molar-refractivity contribution is 6.03. The molecule has 9 nitrogen and oxygen atoms in total. The third-order valence-electron chi connectivity index (χ3n) is 10.2. The normalized spacial score (nSPS) is 26.2. The van der Waals surface area contributed by atoms with Gasteiger partial charge in [-0.05, 0) is 63.8 Å². The minimum Gasteiger partial charge on any atom is -0.461 e. The van der Waals surface area contributed by atoms with E-state index in [-0.39, 0.29) is 57.9 Å². The Bertz CT molecular complexity index is 1840. The van der Waals surface area contributed by atoms with Crippen LogP contribution < -0.4 is 19.7 Å². The number of fused-ring (bicyclic) bond motifs is 5. The van der Waals surface area contributed by atoms with Crippen molar-refractivity contribution in [2.24, 2.45) is 0 Å². The van der Waals surface area contributed by atoms with E-state index in [0.29, 0.717) is 43.1 Å². The molecule has 8 rings (SSSR count). The maximum atomic E-state index is 17.0. The van der Waals surface area contributed by atoms with Crippen LogP contribution >= 0.6 is 0 Å². The number of aryl methyl sites for hydroxylation is 2. The van der Waals surface area contributed by atoms with Crippen molar-refractivity contribution in [3.8, 4) is 22.9 Å². The molecule has 0 saturated carbocycles. The third kappa shape index (κ3) is 4.74. The van der Waals surface area contributed by atoms with Crippen LogP contribution in [0.3, 0.4) is 0 Å². The fourth-order valence-corrected chi connectivity index (χ4v) is 8.24. The first-order valence-electron chi connectivity index (χ1n) is 15.8. The summed E-state index contributed by atoms with van der Waals surface area (Å²) in [6.45, 7) is 2.31. The first kappa shape index (κ1) is 29.6. The average molecular weight is 644 g/mol. The third-order valence-corrected chi connectivity index (χ3v) is 10.2. The van der Waals surface area contributed by atoms with Crippen molar-refractivity contribution in [1.82, 2.24) is 30.4 Å². The van der Waals surface area contributed by atoms with Crippen LogP contribution in [0, 0.1) is 25.5 Å². The van der Waals surface area contributed by atoms with Crippen molar-refractivity contribution in [3.05, 3.63) is 35.0 Å². The standard InChI is InChI=1S/C32H34F5N7O2/c1-15-8-22-23(16(2)41-42-22)25(28(15)46-30(36)37)24-21(34)9-20-27(26(24)35)39-31(40-29(20)43-12-18-4-5-19(13-43)38-18)45-14-32-6-3-7-44(32)11-17(33)10-32/h8-9,17-19,30,38H,3-7,10-14H2,1-2H3,(H,41,42)/t17-,18?,19?,32+/m1/s1. The summed E-state index contributed by atoms with van der Waals surface area (Å²) in [4.78, 5) is 13.3. The monoisotopic (exact) mass is 643 g/mol. The second kappa shape index (κ2) is 10.9. The van der Waals surface area contributed by atoms with Gasteiger partial charge in [-0.1, -0.05) is 0 Å². The van der Waals surface area contributed by atoms with Crippen LogP contribution in [-0.4, -0.2) is 88.3 Å². The number of hydrogen-bond acceptors (Lipinski definition) is 8. The topological polar surface area (TPSA) is 91.4 Å². The Morgan fingerprint density at radius 1 is 1.07 bits per heavy atom. The van der Waals surface area contributed by atoms with Crippen molar-refractivity contribution in [2.45, 2.75) is 76.4 Å². The molecule has 4 aliphatic heterocycles. The molecule has 4 aromatic rings. The van der Waals surface area contributed by atoms with Gasteiger partial charge in [-0.2, -0.15) is 23.8 Å².